The Morgan fingerprint density at radius 2 is 2.20 bits per heavy atom. The third-order valence-electron chi connectivity index (χ3n) is 1.75. The fourth-order valence-electron chi connectivity index (χ4n) is 0.886. The molecule has 0 aliphatic heterocycles. The van der Waals surface area contributed by atoms with Crippen LogP contribution < -0.4 is 0 Å². The van der Waals surface area contributed by atoms with Crippen molar-refractivity contribution in [2.24, 2.45) is 5.92 Å². The predicted molar refractivity (Wildman–Crippen MR) is 51.7 cm³/mol. The second-order valence-corrected chi connectivity index (χ2v) is 3.22. The predicted octanol–water partition coefficient (Wildman–Crippen LogP) is 1.11. The van der Waals surface area contributed by atoms with E-state index in [9.17, 15) is 9.59 Å². The summed E-state index contributed by atoms with van der Waals surface area (Å²) in [5, 5.41) is 16.8. The van der Waals surface area contributed by atoms with Crippen LogP contribution in [0.3, 0.4) is 0 Å². The van der Waals surface area contributed by atoms with Gasteiger partial charge >= 0.3 is 11.9 Å². The first-order valence-electron chi connectivity index (χ1n) is 4.45. The lowest BCUT2D eigenvalue weighted by atomic mass is 10.1. The second kappa shape index (κ2) is 6.60. The standard InChI is InChI=1S/C10H13NO4/c1-7(5-9(12)13)3-4-15-10(14)8(2)6-11/h7H,2-5H2,1H3,(H,12,13). The topological polar surface area (TPSA) is 87.4 Å². The van der Waals surface area contributed by atoms with Gasteiger partial charge in [-0.25, -0.2) is 4.79 Å². The summed E-state index contributed by atoms with van der Waals surface area (Å²) in [6, 6.07) is 1.57. The van der Waals surface area contributed by atoms with Gasteiger partial charge in [-0.15, -0.1) is 0 Å². The highest BCUT2D eigenvalue weighted by Crippen LogP contribution is 2.07. The number of aliphatic carboxylic acids is 1. The minimum absolute atomic E-state index is 0.0384. The van der Waals surface area contributed by atoms with Gasteiger partial charge in [0.15, 0.2) is 0 Å². The molecule has 0 saturated heterocycles. The first kappa shape index (κ1) is 13.2. The quantitative estimate of drug-likeness (QED) is 0.404. The van der Waals surface area contributed by atoms with E-state index in [1.165, 1.54) is 0 Å². The fourth-order valence-corrected chi connectivity index (χ4v) is 0.886. The molecule has 5 nitrogen and oxygen atoms in total. The molecule has 82 valence electrons. The van der Waals surface area contributed by atoms with Crippen molar-refractivity contribution in [3.63, 3.8) is 0 Å². The van der Waals surface area contributed by atoms with Crippen LogP contribution in [0.1, 0.15) is 19.8 Å². The monoisotopic (exact) mass is 211 g/mol. The molecule has 0 spiro atoms. The molecule has 1 atom stereocenters. The fraction of sp³-hybridized carbons (Fsp3) is 0.500. The van der Waals surface area contributed by atoms with E-state index in [1.54, 1.807) is 13.0 Å². The molecule has 0 amide bonds. The first-order valence-corrected chi connectivity index (χ1v) is 4.45. The molecule has 0 radical (unpaired) electrons. The zero-order valence-corrected chi connectivity index (χ0v) is 8.52. The van der Waals surface area contributed by atoms with Crippen molar-refractivity contribution in [2.75, 3.05) is 6.61 Å². The summed E-state index contributed by atoms with van der Waals surface area (Å²) in [6.07, 6.45) is 0.494. The minimum Gasteiger partial charge on any atom is -0.481 e. The molecule has 0 rings (SSSR count). The number of hydrogen-bond donors (Lipinski definition) is 1. The van der Waals surface area contributed by atoms with E-state index in [-0.39, 0.29) is 24.5 Å². The molecule has 15 heavy (non-hydrogen) atoms. The summed E-state index contributed by atoms with van der Waals surface area (Å²) in [4.78, 5) is 21.2. The molecule has 0 heterocycles. The highest BCUT2D eigenvalue weighted by molar-refractivity contribution is 5.91. The van der Waals surface area contributed by atoms with Crippen molar-refractivity contribution in [2.45, 2.75) is 19.8 Å². The minimum atomic E-state index is -0.879. The second-order valence-electron chi connectivity index (χ2n) is 3.22. The van der Waals surface area contributed by atoms with Gasteiger partial charge in [0, 0.05) is 6.42 Å². The summed E-state index contributed by atoms with van der Waals surface area (Å²) in [5.41, 5.74) is -0.249. The van der Waals surface area contributed by atoms with Crippen LogP contribution in [0.4, 0.5) is 0 Å². The average Bonchev–Trinajstić information content (AvgIpc) is 2.15. The molecular weight excluding hydrogens is 198 g/mol. The molecule has 0 bridgehead atoms. The average molecular weight is 211 g/mol. The third-order valence-corrected chi connectivity index (χ3v) is 1.75. The van der Waals surface area contributed by atoms with E-state index in [1.807, 2.05) is 0 Å². The zero-order chi connectivity index (χ0) is 11.8. The van der Waals surface area contributed by atoms with Crippen molar-refractivity contribution < 1.29 is 19.4 Å². The summed E-state index contributed by atoms with van der Waals surface area (Å²) >= 11 is 0. The maximum Gasteiger partial charge on any atom is 0.348 e. The van der Waals surface area contributed by atoms with Crippen LogP contribution in [0.5, 0.6) is 0 Å². The highest BCUT2D eigenvalue weighted by Gasteiger charge is 2.10. The Kier molecular flexibility index (Phi) is 5.79. The van der Waals surface area contributed by atoms with Gasteiger partial charge in [0.2, 0.25) is 0 Å². The Bertz CT molecular complexity index is 303. The smallest absolute Gasteiger partial charge is 0.348 e. The number of carboxylic acids is 1. The van der Waals surface area contributed by atoms with Crippen LogP contribution in [0.2, 0.25) is 0 Å². The number of nitrogens with zero attached hydrogens (tertiary/aromatic N) is 1. The summed E-state index contributed by atoms with van der Waals surface area (Å²) < 4.78 is 4.69. The summed E-state index contributed by atoms with van der Waals surface area (Å²) in [7, 11) is 0. The number of carbonyl (C=O) groups excluding carboxylic acids is 1. The number of esters is 1. The molecule has 0 aromatic rings. The molecule has 1 unspecified atom stereocenters. The molecular formula is C10H13NO4. The van der Waals surface area contributed by atoms with Gasteiger partial charge in [-0.05, 0) is 12.3 Å². The molecule has 0 saturated carbocycles. The number of rotatable bonds is 6. The van der Waals surface area contributed by atoms with Crippen LogP contribution in [0.25, 0.3) is 0 Å². The van der Waals surface area contributed by atoms with E-state index in [0.29, 0.717) is 6.42 Å². The summed E-state index contributed by atoms with van der Waals surface area (Å²) in [6.45, 7) is 5.05. The largest absolute Gasteiger partial charge is 0.481 e. The Morgan fingerprint density at radius 3 is 2.67 bits per heavy atom. The van der Waals surface area contributed by atoms with E-state index in [2.05, 4.69) is 6.58 Å². The number of carbonyl (C=O) groups is 2. The van der Waals surface area contributed by atoms with Gasteiger partial charge in [-0.2, -0.15) is 5.26 Å². The van der Waals surface area contributed by atoms with Gasteiger partial charge in [-0.3, -0.25) is 4.79 Å². The lowest BCUT2D eigenvalue weighted by Gasteiger charge is -2.08. The van der Waals surface area contributed by atoms with Crippen LogP contribution >= 0.6 is 0 Å². The van der Waals surface area contributed by atoms with Gasteiger partial charge in [0.25, 0.3) is 0 Å². The zero-order valence-electron chi connectivity index (χ0n) is 8.52. The Balaban J connectivity index is 3.71. The molecule has 5 heteroatoms. The number of carboxylic acid groups (broad SMARTS) is 1. The van der Waals surface area contributed by atoms with E-state index < -0.39 is 11.9 Å². The first-order chi connectivity index (χ1) is 6.97. The van der Waals surface area contributed by atoms with Crippen molar-refractivity contribution in [1.82, 2.24) is 0 Å². The van der Waals surface area contributed by atoms with Crippen molar-refractivity contribution in [3.8, 4) is 6.07 Å². The lowest BCUT2D eigenvalue weighted by Crippen LogP contribution is -2.11. The maximum absolute atomic E-state index is 10.9. The lowest BCUT2D eigenvalue weighted by molar-refractivity contribution is -0.139. The molecule has 0 aliphatic carbocycles. The Labute approximate surface area is 88.0 Å². The number of hydrogen-bond acceptors (Lipinski definition) is 4. The SMILES string of the molecule is C=C(C#N)C(=O)OCCC(C)CC(=O)O. The molecule has 0 aromatic heterocycles. The van der Waals surface area contributed by atoms with E-state index >= 15 is 0 Å². The molecule has 1 N–H and O–H groups in total. The Morgan fingerprint density at radius 1 is 1.60 bits per heavy atom. The molecule has 0 aromatic carbocycles. The van der Waals surface area contributed by atoms with Gasteiger partial charge < -0.3 is 9.84 Å². The van der Waals surface area contributed by atoms with E-state index in [0.717, 1.165) is 0 Å². The number of nitriles is 1. The van der Waals surface area contributed by atoms with Crippen LogP contribution in [-0.2, 0) is 14.3 Å². The molecule has 0 aliphatic rings. The van der Waals surface area contributed by atoms with Crippen LogP contribution in [-0.4, -0.2) is 23.7 Å². The third kappa shape index (κ3) is 6.27. The van der Waals surface area contributed by atoms with Crippen molar-refractivity contribution in [1.29, 1.82) is 5.26 Å². The number of ether oxygens (including phenoxy) is 1. The van der Waals surface area contributed by atoms with Crippen LogP contribution in [0.15, 0.2) is 12.2 Å². The van der Waals surface area contributed by atoms with Gasteiger partial charge in [-0.1, -0.05) is 13.5 Å². The maximum atomic E-state index is 10.9. The normalized spacial score (nSPS) is 11.2. The van der Waals surface area contributed by atoms with Crippen LogP contribution in [0, 0.1) is 17.2 Å². The highest BCUT2D eigenvalue weighted by atomic mass is 16.5. The van der Waals surface area contributed by atoms with Crippen molar-refractivity contribution in [3.05, 3.63) is 12.2 Å². The molecule has 0 fully saturated rings. The van der Waals surface area contributed by atoms with Crippen molar-refractivity contribution >= 4 is 11.9 Å². The van der Waals surface area contributed by atoms with Gasteiger partial charge in [0.1, 0.15) is 11.6 Å². The van der Waals surface area contributed by atoms with E-state index in [4.69, 9.17) is 15.1 Å². The Hall–Kier alpha value is -1.83. The van der Waals surface area contributed by atoms with Gasteiger partial charge in [0.05, 0.1) is 6.61 Å². The summed E-state index contributed by atoms with van der Waals surface area (Å²) in [5.74, 6) is -1.69.